The normalized spacial score (nSPS) is 11.0. The average molecular weight is 206 g/mol. The first-order valence-corrected chi connectivity index (χ1v) is 5.50. The Morgan fingerprint density at radius 2 is 1.57 bits per heavy atom. The molecule has 2 aromatic rings. The maximum Gasteiger partial charge on any atom is 0.168 e. The van der Waals surface area contributed by atoms with Crippen LogP contribution in [0.25, 0.3) is 10.8 Å². The first-order valence-electron chi connectivity index (χ1n) is 4.33. The van der Waals surface area contributed by atoms with Crippen molar-refractivity contribution in [3.8, 4) is 0 Å². The van der Waals surface area contributed by atoms with E-state index in [1.165, 1.54) is 0 Å². The molecular formula is C11H10O2S. The third-order valence-corrected chi connectivity index (χ3v) is 3.10. The van der Waals surface area contributed by atoms with E-state index in [2.05, 4.69) is 0 Å². The van der Waals surface area contributed by atoms with Crippen LogP contribution in [-0.2, 0) is 10.7 Å². The molecule has 3 heteroatoms. The fourth-order valence-corrected chi connectivity index (χ4v) is 2.21. The summed E-state index contributed by atoms with van der Waals surface area (Å²) in [6, 6.07) is 11.0. The van der Waals surface area contributed by atoms with Crippen molar-refractivity contribution in [1.29, 1.82) is 0 Å². The fraction of sp³-hybridized carbons (Fsp3) is 0.0909. The van der Waals surface area contributed by atoms with Crippen LogP contribution < -0.4 is 0 Å². The largest absolute Gasteiger partial charge is 0.227 e. The van der Waals surface area contributed by atoms with Gasteiger partial charge >= 0.3 is 0 Å². The molecule has 0 bridgehead atoms. The Kier molecular flexibility index (Phi) is 2.25. The number of aryl methyl sites for hydroxylation is 1. The summed E-state index contributed by atoms with van der Waals surface area (Å²) < 4.78 is 21.9. The molecule has 2 rings (SSSR count). The van der Waals surface area contributed by atoms with Crippen LogP contribution >= 0.6 is 0 Å². The van der Waals surface area contributed by atoms with Gasteiger partial charge in [0.2, 0.25) is 0 Å². The molecule has 0 radical (unpaired) electrons. The van der Waals surface area contributed by atoms with Crippen molar-refractivity contribution in [3.63, 3.8) is 0 Å². The van der Waals surface area contributed by atoms with E-state index in [0.717, 1.165) is 16.3 Å². The van der Waals surface area contributed by atoms with Crippen molar-refractivity contribution >= 4 is 21.5 Å². The van der Waals surface area contributed by atoms with Gasteiger partial charge in [-0.3, -0.25) is 0 Å². The van der Waals surface area contributed by atoms with Crippen LogP contribution in [0.3, 0.4) is 0 Å². The monoisotopic (exact) mass is 206 g/mol. The van der Waals surface area contributed by atoms with Crippen molar-refractivity contribution in [1.82, 2.24) is 0 Å². The molecule has 2 nitrogen and oxygen atoms in total. The van der Waals surface area contributed by atoms with Crippen molar-refractivity contribution in [2.45, 2.75) is 11.8 Å². The van der Waals surface area contributed by atoms with E-state index in [1.807, 2.05) is 31.2 Å². The van der Waals surface area contributed by atoms with E-state index in [1.54, 1.807) is 12.1 Å². The van der Waals surface area contributed by atoms with Gasteiger partial charge in [-0.15, -0.1) is 0 Å². The van der Waals surface area contributed by atoms with Gasteiger partial charge in [0, 0.05) is 5.39 Å². The number of rotatable bonds is 1. The van der Waals surface area contributed by atoms with E-state index in [9.17, 15) is 8.42 Å². The topological polar surface area (TPSA) is 34.1 Å². The number of benzene rings is 2. The second-order valence-corrected chi connectivity index (χ2v) is 4.20. The molecule has 0 aliphatic carbocycles. The van der Waals surface area contributed by atoms with Crippen LogP contribution in [-0.4, -0.2) is 8.42 Å². The van der Waals surface area contributed by atoms with Gasteiger partial charge in [-0.1, -0.05) is 30.3 Å². The Morgan fingerprint density at radius 3 is 2.29 bits per heavy atom. The molecule has 0 aromatic heterocycles. The Labute approximate surface area is 84.1 Å². The van der Waals surface area contributed by atoms with Gasteiger partial charge < -0.3 is 0 Å². The highest BCUT2D eigenvalue weighted by Gasteiger charge is 2.03. The van der Waals surface area contributed by atoms with E-state index >= 15 is 0 Å². The zero-order valence-electron chi connectivity index (χ0n) is 7.73. The van der Waals surface area contributed by atoms with Crippen molar-refractivity contribution in [2.24, 2.45) is 0 Å². The minimum atomic E-state index is -2.51. The Balaban J connectivity index is 2.95. The van der Waals surface area contributed by atoms with Crippen molar-refractivity contribution in [2.75, 3.05) is 0 Å². The molecular weight excluding hydrogens is 196 g/mol. The second kappa shape index (κ2) is 3.42. The maximum absolute atomic E-state index is 11.0. The van der Waals surface area contributed by atoms with Crippen LogP contribution in [0.5, 0.6) is 0 Å². The molecule has 0 spiro atoms. The van der Waals surface area contributed by atoms with Crippen LogP contribution in [0.1, 0.15) is 5.56 Å². The molecule has 14 heavy (non-hydrogen) atoms. The fourth-order valence-electron chi connectivity index (χ4n) is 1.61. The number of thiol groups is 1. The molecule has 0 N–H and O–H groups in total. The van der Waals surface area contributed by atoms with Gasteiger partial charge in [-0.05, 0) is 23.9 Å². The predicted molar refractivity (Wildman–Crippen MR) is 57.3 cm³/mol. The summed E-state index contributed by atoms with van der Waals surface area (Å²) in [7, 11) is -2.51. The van der Waals surface area contributed by atoms with Crippen LogP contribution in [0.15, 0.2) is 41.3 Å². The predicted octanol–water partition coefficient (Wildman–Crippen LogP) is 2.12. The summed E-state index contributed by atoms with van der Waals surface area (Å²) in [4.78, 5) is 0.404. The minimum absolute atomic E-state index is 0.404. The molecule has 0 atom stereocenters. The molecule has 0 aliphatic rings. The van der Waals surface area contributed by atoms with E-state index in [0.29, 0.717) is 4.90 Å². The van der Waals surface area contributed by atoms with E-state index in [-0.39, 0.29) is 0 Å². The van der Waals surface area contributed by atoms with Crippen LogP contribution in [0.2, 0.25) is 0 Å². The van der Waals surface area contributed by atoms with Crippen molar-refractivity contribution in [3.05, 3.63) is 42.0 Å². The minimum Gasteiger partial charge on any atom is -0.227 e. The molecule has 0 saturated carbocycles. The quantitative estimate of drug-likeness (QED) is 0.725. The summed E-state index contributed by atoms with van der Waals surface area (Å²) in [6.07, 6.45) is 0. The molecule has 0 heterocycles. The molecule has 0 saturated heterocycles. The average Bonchev–Trinajstić information content (AvgIpc) is 2.17. The smallest absolute Gasteiger partial charge is 0.168 e. The summed E-state index contributed by atoms with van der Waals surface area (Å²) in [6.45, 7) is 1.98. The third kappa shape index (κ3) is 1.40. The molecule has 72 valence electrons. The molecule has 2 aromatic carbocycles. The van der Waals surface area contributed by atoms with Gasteiger partial charge in [0.1, 0.15) is 0 Å². The van der Waals surface area contributed by atoms with Crippen molar-refractivity contribution < 1.29 is 8.42 Å². The number of hydrogen-bond donors (Lipinski definition) is 1. The summed E-state index contributed by atoms with van der Waals surface area (Å²) in [5, 5.41) is 1.81. The Morgan fingerprint density at radius 1 is 0.929 bits per heavy atom. The maximum atomic E-state index is 11.0. The van der Waals surface area contributed by atoms with Gasteiger partial charge in [0.15, 0.2) is 10.7 Å². The van der Waals surface area contributed by atoms with E-state index in [4.69, 9.17) is 0 Å². The Bertz CT molecular complexity index is 548. The first kappa shape index (κ1) is 9.21. The van der Waals surface area contributed by atoms with Crippen LogP contribution in [0.4, 0.5) is 0 Å². The number of hydrogen-bond acceptors (Lipinski definition) is 2. The first-order chi connectivity index (χ1) is 6.70. The van der Waals surface area contributed by atoms with Crippen LogP contribution in [0, 0.1) is 6.92 Å². The highest BCUT2D eigenvalue weighted by molar-refractivity contribution is 7.72. The lowest BCUT2D eigenvalue weighted by Gasteiger charge is -2.02. The van der Waals surface area contributed by atoms with Gasteiger partial charge in [0.05, 0.1) is 4.90 Å². The zero-order chi connectivity index (χ0) is 10.1. The summed E-state index contributed by atoms with van der Waals surface area (Å²) in [5.74, 6) is 0. The molecule has 0 aliphatic heterocycles. The Hall–Kier alpha value is -1.35. The number of fused-ring (bicyclic) bond motifs is 1. The highest BCUT2D eigenvalue weighted by atomic mass is 32.2. The standard InChI is InChI=1S/C11H10O2S/c1-8-4-2-6-10-9(8)5-3-7-11(10)14(12)13/h2-7,14H,1H3. The highest BCUT2D eigenvalue weighted by Crippen LogP contribution is 2.22. The SMILES string of the molecule is Cc1cccc2c([SH](=O)=O)cccc12. The summed E-state index contributed by atoms with van der Waals surface area (Å²) in [5.41, 5.74) is 1.10. The zero-order valence-corrected chi connectivity index (χ0v) is 8.62. The third-order valence-electron chi connectivity index (χ3n) is 2.31. The molecule has 0 amide bonds. The second-order valence-electron chi connectivity index (χ2n) is 3.20. The van der Waals surface area contributed by atoms with Gasteiger partial charge in [0.25, 0.3) is 0 Å². The lowest BCUT2D eigenvalue weighted by Crippen LogP contribution is -1.85. The van der Waals surface area contributed by atoms with Gasteiger partial charge in [-0.25, -0.2) is 8.42 Å². The van der Waals surface area contributed by atoms with E-state index < -0.39 is 10.7 Å². The summed E-state index contributed by atoms with van der Waals surface area (Å²) >= 11 is 0. The molecule has 0 fully saturated rings. The molecule has 0 unspecified atom stereocenters. The lowest BCUT2D eigenvalue weighted by molar-refractivity contribution is 0.615. The lowest BCUT2D eigenvalue weighted by atomic mass is 10.1. The van der Waals surface area contributed by atoms with Gasteiger partial charge in [-0.2, -0.15) is 0 Å².